The van der Waals surface area contributed by atoms with Gasteiger partial charge in [0.05, 0.1) is 0 Å². The molecule has 1 saturated heterocycles. The fraction of sp³-hybridized carbons (Fsp3) is 0.529. The van der Waals surface area contributed by atoms with Crippen LogP contribution in [0.1, 0.15) is 32.3 Å². The topological polar surface area (TPSA) is 52.7 Å². The van der Waals surface area contributed by atoms with Crippen LogP contribution < -0.4 is 5.32 Å². The molecule has 5 nitrogen and oxygen atoms in total. The Morgan fingerprint density at radius 3 is 2.45 bits per heavy atom. The Morgan fingerprint density at radius 2 is 1.86 bits per heavy atom. The zero-order chi connectivity index (χ0) is 15.9. The van der Waals surface area contributed by atoms with E-state index in [1.807, 2.05) is 49.1 Å². The Bertz CT molecular complexity index is 498. The number of urea groups is 1. The average Bonchev–Trinajstić information content (AvgIpc) is 3.08. The third-order valence-corrected chi connectivity index (χ3v) is 4.13. The smallest absolute Gasteiger partial charge is 0.318 e. The monoisotopic (exact) mass is 303 g/mol. The van der Waals surface area contributed by atoms with E-state index in [0.717, 1.165) is 31.5 Å². The van der Waals surface area contributed by atoms with Crippen LogP contribution in [0, 0.1) is 0 Å². The van der Waals surface area contributed by atoms with Crippen molar-refractivity contribution < 1.29 is 9.59 Å². The lowest BCUT2D eigenvalue weighted by molar-refractivity contribution is -0.134. The van der Waals surface area contributed by atoms with Crippen molar-refractivity contribution in [1.82, 2.24) is 15.1 Å². The van der Waals surface area contributed by atoms with E-state index in [1.165, 1.54) is 0 Å². The number of hydrogen-bond donors (Lipinski definition) is 1. The summed E-state index contributed by atoms with van der Waals surface area (Å²) in [6.45, 7) is 6.32. The van der Waals surface area contributed by atoms with Gasteiger partial charge in [-0.1, -0.05) is 30.3 Å². The van der Waals surface area contributed by atoms with Crippen LogP contribution in [-0.2, 0) is 11.3 Å². The number of likely N-dealkylation sites (tertiary alicyclic amines) is 1. The van der Waals surface area contributed by atoms with Gasteiger partial charge in [-0.25, -0.2) is 4.79 Å². The molecule has 0 bridgehead atoms. The molecular weight excluding hydrogens is 278 g/mol. The molecule has 1 N–H and O–H groups in total. The second-order valence-electron chi connectivity index (χ2n) is 5.64. The van der Waals surface area contributed by atoms with Gasteiger partial charge >= 0.3 is 6.03 Å². The Labute approximate surface area is 132 Å². The molecule has 3 amide bonds. The summed E-state index contributed by atoms with van der Waals surface area (Å²) in [7, 11) is 0. The number of nitrogens with zero attached hydrogens (tertiary/aromatic N) is 2. The van der Waals surface area contributed by atoms with Crippen LogP contribution in [-0.4, -0.2) is 47.4 Å². The van der Waals surface area contributed by atoms with E-state index < -0.39 is 6.04 Å². The zero-order valence-corrected chi connectivity index (χ0v) is 13.4. The minimum Gasteiger partial charge on any atom is -0.341 e. The number of amides is 3. The Balaban J connectivity index is 1.91. The molecule has 1 heterocycles. The van der Waals surface area contributed by atoms with Gasteiger partial charge in [0.15, 0.2) is 0 Å². The van der Waals surface area contributed by atoms with Crippen molar-refractivity contribution in [3.8, 4) is 0 Å². The molecule has 1 aliphatic heterocycles. The van der Waals surface area contributed by atoms with Crippen LogP contribution in [0.5, 0.6) is 0 Å². The van der Waals surface area contributed by atoms with Crippen LogP contribution in [0.4, 0.5) is 4.79 Å². The number of rotatable bonds is 5. The molecule has 5 heteroatoms. The first-order chi connectivity index (χ1) is 10.6. The Morgan fingerprint density at radius 1 is 1.23 bits per heavy atom. The lowest BCUT2D eigenvalue weighted by Gasteiger charge is -2.30. The molecule has 0 spiro atoms. The maximum absolute atomic E-state index is 12.4. The van der Waals surface area contributed by atoms with E-state index in [-0.39, 0.29) is 11.9 Å². The first kappa shape index (κ1) is 16.3. The minimum atomic E-state index is -0.418. The van der Waals surface area contributed by atoms with E-state index in [4.69, 9.17) is 0 Å². The molecule has 1 aromatic carbocycles. The highest BCUT2D eigenvalue weighted by Crippen LogP contribution is 2.12. The number of likely N-dealkylation sites (N-methyl/N-ethyl adjacent to an activating group) is 1. The van der Waals surface area contributed by atoms with Crippen molar-refractivity contribution in [3.63, 3.8) is 0 Å². The van der Waals surface area contributed by atoms with Gasteiger partial charge in [0.1, 0.15) is 6.04 Å². The van der Waals surface area contributed by atoms with E-state index in [0.29, 0.717) is 13.1 Å². The van der Waals surface area contributed by atoms with E-state index in [1.54, 1.807) is 4.90 Å². The van der Waals surface area contributed by atoms with E-state index in [9.17, 15) is 9.59 Å². The van der Waals surface area contributed by atoms with Crippen LogP contribution >= 0.6 is 0 Å². The van der Waals surface area contributed by atoms with Gasteiger partial charge in [0, 0.05) is 26.2 Å². The lowest BCUT2D eigenvalue weighted by Crippen LogP contribution is -2.51. The predicted octanol–water partition coefficient (Wildman–Crippen LogP) is 2.23. The largest absolute Gasteiger partial charge is 0.341 e. The normalized spacial score (nSPS) is 15.5. The van der Waals surface area contributed by atoms with E-state index >= 15 is 0 Å². The summed E-state index contributed by atoms with van der Waals surface area (Å²) >= 11 is 0. The number of carbonyl (C=O) groups excluding carboxylic acids is 2. The third-order valence-electron chi connectivity index (χ3n) is 4.13. The maximum atomic E-state index is 12.4. The van der Waals surface area contributed by atoms with Crippen LogP contribution in [0.15, 0.2) is 30.3 Å². The van der Waals surface area contributed by atoms with Gasteiger partial charge in [0.2, 0.25) is 5.91 Å². The summed E-state index contributed by atoms with van der Waals surface area (Å²) in [6.07, 6.45) is 2.12. The molecular formula is C17H25N3O2. The fourth-order valence-electron chi connectivity index (χ4n) is 2.80. The van der Waals surface area contributed by atoms with Crippen molar-refractivity contribution >= 4 is 11.9 Å². The highest BCUT2D eigenvalue weighted by Gasteiger charge is 2.29. The lowest BCUT2D eigenvalue weighted by atomic mass is 10.2. The van der Waals surface area contributed by atoms with Crippen molar-refractivity contribution in [1.29, 1.82) is 0 Å². The van der Waals surface area contributed by atoms with Gasteiger partial charge in [-0.05, 0) is 32.3 Å². The molecule has 120 valence electrons. The molecule has 0 aliphatic carbocycles. The Hall–Kier alpha value is -2.04. The number of carbonyl (C=O) groups is 2. The predicted molar refractivity (Wildman–Crippen MR) is 86.3 cm³/mol. The standard InChI is InChI=1S/C17H25N3O2/c1-3-20(14(2)16(21)19-11-7-8-12-19)17(22)18-13-15-9-5-4-6-10-15/h4-6,9-10,14H,3,7-8,11-13H2,1-2H3,(H,18,22). The second kappa shape index (κ2) is 7.82. The Kier molecular flexibility index (Phi) is 5.81. The highest BCUT2D eigenvalue weighted by molar-refractivity contribution is 5.87. The minimum absolute atomic E-state index is 0.0502. The quantitative estimate of drug-likeness (QED) is 0.907. The number of nitrogens with one attached hydrogen (secondary N) is 1. The van der Waals surface area contributed by atoms with Crippen LogP contribution in [0.3, 0.4) is 0 Å². The summed E-state index contributed by atoms with van der Waals surface area (Å²) in [5.74, 6) is 0.0502. The molecule has 22 heavy (non-hydrogen) atoms. The van der Waals surface area contributed by atoms with Crippen molar-refractivity contribution in [2.45, 2.75) is 39.3 Å². The van der Waals surface area contributed by atoms with Crippen LogP contribution in [0.2, 0.25) is 0 Å². The summed E-state index contributed by atoms with van der Waals surface area (Å²) < 4.78 is 0. The van der Waals surface area contributed by atoms with Crippen molar-refractivity contribution in [2.24, 2.45) is 0 Å². The fourth-order valence-corrected chi connectivity index (χ4v) is 2.80. The molecule has 2 rings (SSSR count). The van der Waals surface area contributed by atoms with Gasteiger partial charge in [-0.15, -0.1) is 0 Å². The van der Waals surface area contributed by atoms with Gasteiger partial charge in [-0.2, -0.15) is 0 Å². The average molecular weight is 303 g/mol. The highest BCUT2D eigenvalue weighted by atomic mass is 16.2. The summed E-state index contributed by atoms with van der Waals surface area (Å²) in [5.41, 5.74) is 1.05. The first-order valence-corrected chi connectivity index (χ1v) is 8.00. The number of hydrogen-bond acceptors (Lipinski definition) is 2. The van der Waals surface area contributed by atoms with Crippen molar-refractivity contribution in [3.05, 3.63) is 35.9 Å². The second-order valence-corrected chi connectivity index (χ2v) is 5.64. The molecule has 1 fully saturated rings. The molecule has 1 unspecified atom stereocenters. The maximum Gasteiger partial charge on any atom is 0.318 e. The van der Waals surface area contributed by atoms with Crippen molar-refractivity contribution in [2.75, 3.05) is 19.6 Å². The number of benzene rings is 1. The molecule has 0 radical (unpaired) electrons. The third kappa shape index (κ3) is 4.00. The van der Waals surface area contributed by atoms with E-state index in [2.05, 4.69) is 5.32 Å². The summed E-state index contributed by atoms with van der Waals surface area (Å²) in [5, 5.41) is 2.89. The molecule has 1 aromatic rings. The zero-order valence-electron chi connectivity index (χ0n) is 13.4. The van der Waals surface area contributed by atoms with Gasteiger partial charge in [-0.3, -0.25) is 4.79 Å². The summed E-state index contributed by atoms with van der Waals surface area (Å²) in [6, 6.07) is 9.16. The molecule has 0 saturated carbocycles. The van der Waals surface area contributed by atoms with Gasteiger partial charge in [0.25, 0.3) is 0 Å². The summed E-state index contributed by atoms with van der Waals surface area (Å²) in [4.78, 5) is 28.2. The van der Waals surface area contributed by atoms with Crippen LogP contribution in [0.25, 0.3) is 0 Å². The molecule has 0 aromatic heterocycles. The molecule has 1 atom stereocenters. The SMILES string of the molecule is CCN(C(=O)NCc1ccccc1)C(C)C(=O)N1CCCC1. The molecule has 1 aliphatic rings. The first-order valence-electron chi connectivity index (χ1n) is 8.00. The van der Waals surface area contributed by atoms with Gasteiger partial charge < -0.3 is 15.1 Å².